The summed E-state index contributed by atoms with van der Waals surface area (Å²) >= 11 is 0. The minimum absolute atomic E-state index is 0.188. The van der Waals surface area contributed by atoms with Gasteiger partial charge in [0.05, 0.1) is 28.8 Å². The van der Waals surface area contributed by atoms with Crippen LogP contribution in [-0.4, -0.2) is 21.0 Å². The first kappa shape index (κ1) is 16.0. The highest BCUT2D eigenvalue weighted by atomic mass is 15.1. The lowest BCUT2D eigenvalue weighted by Crippen LogP contribution is -2.12. The lowest BCUT2D eigenvalue weighted by Gasteiger charge is -2.22. The van der Waals surface area contributed by atoms with E-state index in [1.165, 1.54) is 34.7 Å². The van der Waals surface area contributed by atoms with Crippen LogP contribution in [0.2, 0.25) is 0 Å². The number of benzene rings is 2. The molecule has 0 spiro atoms. The molecule has 4 N–H and O–H groups in total. The van der Waals surface area contributed by atoms with Crippen LogP contribution in [0.1, 0.15) is 29.5 Å². The van der Waals surface area contributed by atoms with Gasteiger partial charge in [-0.05, 0) is 54.5 Å². The van der Waals surface area contributed by atoms with E-state index in [0.29, 0.717) is 6.42 Å². The summed E-state index contributed by atoms with van der Waals surface area (Å²) in [6, 6.07) is 12.5. The highest BCUT2D eigenvalue weighted by Gasteiger charge is 2.21. The molecule has 5 heteroatoms. The second-order valence-corrected chi connectivity index (χ2v) is 7.31. The summed E-state index contributed by atoms with van der Waals surface area (Å²) in [5.41, 5.74) is 13.7. The summed E-state index contributed by atoms with van der Waals surface area (Å²) in [6.07, 6.45) is 6.99. The number of nitrogens with one attached hydrogen (secondary N) is 2. The van der Waals surface area contributed by atoms with Gasteiger partial charge < -0.3 is 5.73 Å². The number of nitrogens with zero attached hydrogens (tertiary/aromatic N) is 2. The van der Waals surface area contributed by atoms with Crippen LogP contribution >= 0.6 is 0 Å². The molecular formula is C22H21N5. The minimum atomic E-state index is 0.188. The summed E-state index contributed by atoms with van der Waals surface area (Å²) in [4.78, 5) is 5.07. The fraction of sp³-hybridized carbons (Fsp3) is 0.227. The maximum Gasteiger partial charge on any atom is 0.0950 e. The van der Waals surface area contributed by atoms with Gasteiger partial charge in [-0.1, -0.05) is 24.3 Å². The third-order valence-electron chi connectivity index (χ3n) is 5.51. The zero-order valence-corrected chi connectivity index (χ0v) is 15.0. The van der Waals surface area contributed by atoms with Crippen molar-refractivity contribution in [3.63, 3.8) is 0 Å². The normalized spacial score (nSPS) is 13.8. The predicted octanol–water partition coefficient (Wildman–Crippen LogP) is 4.14. The van der Waals surface area contributed by atoms with Gasteiger partial charge in [-0.3, -0.25) is 10.5 Å². The van der Waals surface area contributed by atoms with E-state index in [4.69, 9.17) is 16.1 Å². The molecule has 0 fully saturated rings. The molecule has 0 bridgehead atoms. The Labute approximate surface area is 157 Å². The van der Waals surface area contributed by atoms with Crippen LogP contribution in [-0.2, 0) is 19.3 Å². The number of aryl methyl sites for hydroxylation is 1. The predicted molar refractivity (Wildman–Crippen MR) is 109 cm³/mol. The molecule has 0 amide bonds. The molecule has 134 valence electrons. The maximum atomic E-state index is 7.47. The second-order valence-electron chi connectivity index (χ2n) is 7.31. The summed E-state index contributed by atoms with van der Waals surface area (Å²) in [5.74, 6) is 0.188. The van der Waals surface area contributed by atoms with E-state index in [0.717, 1.165) is 40.7 Å². The summed E-state index contributed by atoms with van der Waals surface area (Å²) in [7, 11) is 0. The first-order valence-electron chi connectivity index (χ1n) is 9.40. The number of nitrogens with two attached hydrogens (primary N) is 1. The lowest BCUT2D eigenvalue weighted by atomic mass is 9.85. The van der Waals surface area contributed by atoms with Gasteiger partial charge >= 0.3 is 0 Å². The molecule has 0 unspecified atom stereocenters. The van der Waals surface area contributed by atoms with Crippen LogP contribution in [0.25, 0.3) is 33.1 Å². The van der Waals surface area contributed by atoms with E-state index in [2.05, 4.69) is 46.6 Å². The Kier molecular flexibility index (Phi) is 3.67. The third kappa shape index (κ3) is 2.67. The number of H-pyrrole nitrogens is 1. The van der Waals surface area contributed by atoms with Crippen LogP contribution in [0.15, 0.2) is 42.6 Å². The van der Waals surface area contributed by atoms with Gasteiger partial charge in [-0.15, -0.1) is 0 Å². The highest BCUT2D eigenvalue weighted by molar-refractivity contribution is 6.07. The Bertz CT molecular complexity index is 1170. The monoisotopic (exact) mass is 355 g/mol. The number of hydrogen-bond donors (Lipinski definition) is 3. The molecule has 0 radical (unpaired) electrons. The van der Waals surface area contributed by atoms with Crippen molar-refractivity contribution in [1.29, 1.82) is 5.41 Å². The van der Waals surface area contributed by atoms with E-state index in [1.54, 1.807) is 0 Å². The lowest BCUT2D eigenvalue weighted by molar-refractivity contribution is 0.689. The number of fused-ring (bicyclic) bond motifs is 5. The molecule has 5 rings (SSSR count). The molecule has 1 aliphatic rings. The van der Waals surface area contributed by atoms with Crippen molar-refractivity contribution in [2.45, 2.75) is 32.1 Å². The van der Waals surface area contributed by atoms with Crippen LogP contribution in [0.3, 0.4) is 0 Å². The van der Waals surface area contributed by atoms with Gasteiger partial charge in [-0.2, -0.15) is 5.10 Å². The van der Waals surface area contributed by atoms with Crippen LogP contribution in [0.5, 0.6) is 0 Å². The molecule has 0 aliphatic heterocycles. The van der Waals surface area contributed by atoms with E-state index in [1.807, 2.05) is 6.20 Å². The number of hydrogen-bond acceptors (Lipinski definition) is 3. The van der Waals surface area contributed by atoms with E-state index in [9.17, 15) is 0 Å². The molecule has 5 nitrogen and oxygen atoms in total. The highest BCUT2D eigenvalue weighted by Crippen LogP contribution is 2.37. The Balaban J connectivity index is 1.73. The first-order valence-corrected chi connectivity index (χ1v) is 9.40. The Morgan fingerprint density at radius 2 is 1.81 bits per heavy atom. The number of aromatic nitrogens is 3. The zero-order valence-electron chi connectivity index (χ0n) is 15.0. The molecule has 1 aliphatic carbocycles. The SMILES string of the molecule is N=C(N)Cc1ccc(-c2nc3ccc4[nH]ncc4c3c3c2CCCC3)cc1. The summed E-state index contributed by atoms with van der Waals surface area (Å²) in [5, 5.41) is 17.2. The van der Waals surface area contributed by atoms with Gasteiger partial charge in [0.1, 0.15) is 0 Å². The van der Waals surface area contributed by atoms with Crippen molar-refractivity contribution in [2.75, 3.05) is 0 Å². The number of aromatic amines is 1. The number of amidine groups is 1. The molecular weight excluding hydrogens is 334 g/mol. The first-order chi connectivity index (χ1) is 13.2. The molecule has 0 atom stereocenters. The molecule has 4 aromatic rings. The smallest absolute Gasteiger partial charge is 0.0950 e. The van der Waals surface area contributed by atoms with Crippen LogP contribution in [0.4, 0.5) is 0 Å². The Morgan fingerprint density at radius 1 is 1.04 bits per heavy atom. The van der Waals surface area contributed by atoms with Crippen molar-refractivity contribution in [3.8, 4) is 11.3 Å². The fourth-order valence-electron chi connectivity index (χ4n) is 4.29. The van der Waals surface area contributed by atoms with Gasteiger partial charge in [0.15, 0.2) is 0 Å². The van der Waals surface area contributed by atoms with E-state index >= 15 is 0 Å². The van der Waals surface area contributed by atoms with E-state index < -0.39 is 0 Å². The second kappa shape index (κ2) is 6.20. The Hall–Kier alpha value is -3.21. The average molecular weight is 355 g/mol. The Morgan fingerprint density at radius 3 is 2.59 bits per heavy atom. The van der Waals surface area contributed by atoms with Crippen molar-refractivity contribution < 1.29 is 0 Å². The van der Waals surface area contributed by atoms with Crippen molar-refractivity contribution >= 4 is 27.6 Å². The minimum Gasteiger partial charge on any atom is -0.387 e. The number of pyridine rings is 1. The van der Waals surface area contributed by atoms with E-state index in [-0.39, 0.29) is 5.84 Å². The van der Waals surface area contributed by atoms with Crippen molar-refractivity contribution in [2.24, 2.45) is 5.73 Å². The van der Waals surface area contributed by atoms with Gasteiger partial charge in [0.2, 0.25) is 0 Å². The number of rotatable bonds is 3. The molecule has 2 aromatic carbocycles. The van der Waals surface area contributed by atoms with Crippen LogP contribution < -0.4 is 5.73 Å². The molecule has 0 saturated heterocycles. The third-order valence-corrected chi connectivity index (χ3v) is 5.51. The zero-order chi connectivity index (χ0) is 18.4. The summed E-state index contributed by atoms with van der Waals surface area (Å²) in [6.45, 7) is 0. The largest absolute Gasteiger partial charge is 0.387 e. The molecule has 2 aromatic heterocycles. The topological polar surface area (TPSA) is 91.4 Å². The molecule has 0 saturated carbocycles. The van der Waals surface area contributed by atoms with Gasteiger partial charge in [0.25, 0.3) is 0 Å². The van der Waals surface area contributed by atoms with Crippen LogP contribution in [0, 0.1) is 5.41 Å². The van der Waals surface area contributed by atoms with Crippen molar-refractivity contribution in [3.05, 3.63) is 59.3 Å². The van der Waals surface area contributed by atoms with Crippen molar-refractivity contribution in [1.82, 2.24) is 15.2 Å². The van der Waals surface area contributed by atoms with Gasteiger partial charge in [0, 0.05) is 22.8 Å². The summed E-state index contributed by atoms with van der Waals surface area (Å²) < 4.78 is 0. The standard InChI is InChI=1S/C22H21N5/c23-20(24)11-13-5-7-14(8-6-13)22-16-4-2-1-3-15(16)21-17-12-25-27-18(17)9-10-19(21)26-22/h5-10,12H,1-4,11H2,(H3,23,24)(H,25,27). The van der Waals surface area contributed by atoms with Gasteiger partial charge in [-0.25, -0.2) is 4.98 Å². The fourth-order valence-corrected chi connectivity index (χ4v) is 4.29. The average Bonchev–Trinajstić information content (AvgIpc) is 3.16. The molecule has 2 heterocycles. The molecule has 27 heavy (non-hydrogen) atoms. The maximum absolute atomic E-state index is 7.47. The quantitative estimate of drug-likeness (QED) is 0.381.